The molecule has 0 aromatic carbocycles. The molecule has 3 nitrogen and oxygen atoms in total. The maximum atomic E-state index is 11.6. The average molecular weight is 194 g/mol. The van der Waals surface area contributed by atoms with Gasteiger partial charge in [0.2, 0.25) is 5.91 Å². The van der Waals surface area contributed by atoms with E-state index in [9.17, 15) is 4.79 Å². The number of rotatable bonds is 4. The quantitative estimate of drug-likeness (QED) is 0.740. The fourth-order valence-corrected chi connectivity index (χ4v) is 1.17. The number of nitrogens with one attached hydrogen (secondary N) is 1. The van der Waals surface area contributed by atoms with Gasteiger partial charge in [-0.05, 0) is 24.7 Å². The highest BCUT2D eigenvalue weighted by Gasteiger charge is 2.50. The zero-order chi connectivity index (χ0) is 10.8. The van der Waals surface area contributed by atoms with Gasteiger partial charge in [-0.1, -0.05) is 20.8 Å². The van der Waals surface area contributed by atoms with Crippen LogP contribution in [0.2, 0.25) is 0 Å². The van der Waals surface area contributed by atoms with Gasteiger partial charge in [0.05, 0.1) is 6.07 Å². The SMILES string of the molecule is CC(C)C(C)CNC(=O)C1(C#N)CC1. The Balaban J connectivity index is 2.33. The number of carbonyl (C=O) groups excluding carboxylic acids is 1. The summed E-state index contributed by atoms with van der Waals surface area (Å²) in [7, 11) is 0. The molecule has 1 aliphatic carbocycles. The number of amides is 1. The van der Waals surface area contributed by atoms with Crippen molar-refractivity contribution in [2.75, 3.05) is 6.54 Å². The first kappa shape index (κ1) is 11.0. The molecule has 0 spiro atoms. The molecular formula is C11H18N2O. The van der Waals surface area contributed by atoms with Crippen LogP contribution in [0.15, 0.2) is 0 Å². The van der Waals surface area contributed by atoms with Gasteiger partial charge in [-0.15, -0.1) is 0 Å². The lowest BCUT2D eigenvalue weighted by atomic mass is 9.98. The lowest BCUT2D eigenvalue weighted by Crippen LogP contribution is -2.35. The van der Waals surface area contributed by atoms with Gasteiger partial charge in [0, 0.05) is 6.54 Å². The smallest absolute Gasteiger partial charge is 0.240 e. The molecule has 0 aromatic rings. The minimum absolute atomic E-state index is 0.0764. The van der Waals surface area contributed by atoms with Crippen molar-refractivity contribution in [1.29, 1.82) is 5.26 Å². The van der Waals surface area contributed by atoms with Gasteiger partial charge >= 0.3 is 0 Å². The second kappa shape index (κ2) is 4.00. The number of nitrogens with zero attached hydrogens (tertiary/aromatic N) is 1. The second-order valence-corrected chi connectivity index (χ2v) is 4.63. The number of hydrogen-bond donors (Lipinski definition) is 1. The molecule has 1 fully saturated rings. The molecule has 1 amide bonds. The van der Waals surface area contributed by atoms with Gasteiger partial charge in [0.25, 0.3) is 0 Å². The summed E-state index contributed by atoms with van der Waals surface area (Å²) >= 11 is 0. The van der Waals surface area contributed by atoms with E-state index < -0.39 is 5.41 Å². The summed E-state index contributed by atoms with van der Waals surface area (Å²) in [6.07, 6.45) is 1.46. The first-order valence-electron chi connectivity index (χ1n) is 5.21. The lowest BCUT2D eigenvalue weighted by Gasteiger charge is -2.17. The monoisotopic (exact) mass is 194 g/mol. The highest BCUT2D eigenvalue weighted by molar-refractivity contribution is 5.88. The Labute approximate surface area is 85.5 Å². The van der Waals surface area contributed by atoms with Gasteiger partial charge in [0.1, 0.15) is 5.41 Å². The van der Waals surface area contributed by atoms with Crippen LogP contribution in [-0.2, 0) is 4.79 Å². The molecule has 78 valence electrons. The van der Waals surface area contributed by atoms with E-state index in [-0.39, 0.29) is 5.91 Å². The highest BCUT2D eigenvalue weighted by atomic mass is 16.2. The predicted octanol–water partition coefficient (Wildman–Crippen LogP) is 1.70. The van der Waals surface area contributed by atoms with E-state index in [1.54, 1.807) is 0 Å². The predicted molar refractivity (Wildman–Crippen MR) is 54.3 cm³/mol. The van der Waals surface area contributed by atoms with Gasteiger partial charge in [-0.25, -0.2) is 0 Å². The van der Waals surface area contributed by atoms with Crippen molar-refractivity contribution in [3.05, 3.63) is 0 Å². The third kappa shape index (κ3) is 2.25. The zero-order valence-corrected chi connectivity index (χ0v) is 9.13. The van der Waals surface area contributed by atoms with Gasteiger partial charge in [-0.2, -0.15) is 5.26 Å². The van der Waals surface area contributed by atoms with Crippen molar-refractivity contribution in [3.8, 4) is 6.07 Å². The van der Waals surface area contributed by atoms with Crippen molar-refractivity contribution in [1.82, 2.24) is 5.32 Å². The summed E-state index contributed by atoms with van der Waals surface area (Å²) in [6, 6.07) is 2.09. The summed E-state index contributed by atoms with van der Waals surface area (Å²) in [5.41, 5.74) is -0.670. The molecule has 0 saturated heterocycles. The van der Waals surface area contributed by atoms with Crippen molar-refractivity contribution in [2.45, 2.75) is 33.6 Å². The van der Waals surface area contributed by atoms with E-state index in [0.29, 0.717) is 18.4 Å². The third-order valence-electron chi connectivity index (χ3n) is 3.12. The van der Waals surface area contributed by atoms with Crippen molar-refractivity contribution < 1.29 is 4.79 Å². The van der Waals surface area contributed by atoms with Crippen molar-refractivity contribution in [3.63, 3.8) is 0 Å². The first-order chi connectivity index (χ1) is 6.52. The van der Waals surface area contributed by atoms with E-state index in [0.717, 1.165) is 12.8 Å². The summed E-state index contributed by atoms with van der Waals surface area (Å²) < 4.78 is 0. The van der Waals surface area contributed by atoms with Crippen LogP contribution in [0, 0.1) is 28.6 Å². The summed E-state index contributed by atoms with van der Waals surface area (Å²) in [6.45, 7) is 7.05. The van der Waals surface area contributed by atoms with Crippen LogP contribution in [0.25, 0.3) is 0 Å². The van der Waals surface area contributed by atoms with Crippen LogP contribution in [-0.4, -0.2) is 12.5 Å². The minimum atomic E-state index is -0.670. The molecule has 1 unspecified atom stereocenters. The van der Waals surface area contributed by atoms with Crippen LogP contribution in [0.3, 0.4) is 0 Å². The summed E-state index contributed by atoms with van der Waals surface area (Å²) in [5, 5.41) is 11.6. The van der Waals surface area contributed by atoms with Gasteiger partial charge < -0.3 is 5.32 Å². The van der Waals surface area contributed by atoms with Gasteiger partial charge in [0.15, 0.2) is 0 Å². The summed E-state index contributed by atoms with van der Waals surface area (Å²) in [4.78, 5) is 11.6. The molecule has 1 atom stereocenters. The van der Waals surface area contributed by atoms with E-state index in [2.05, 4.69) is 32.2 Å². The molecule has 1 saturated carbocycles. The Morgan fingerprint density at radius 1 is 1.50 bits per heavy atom. The first-order valence-corrected chi connectivity index (χ1v) is 5.21. The maximum Gasteiger partial charge on any atom is 0.240 e. The fourth-order valence-electron chi connectivity index (χ4n) is 1.17. The standard InChI is InChI=1S/C11H18N2O/c1-8(2)9(3)6-13-10(14)11(7-12)4-5-11/h8-9H,4-6H2,1-3H3,(H,13,14). The normalized spacial score (nSPS) is 19.9. The molecule has 0 aliphatic heterocycles. The van der Waals surface area contributed by atoms with E-state index in [1.165, 1.54) is 0 Å². The molecule has 0 radical (unpaired) electrons. The molecule has 0 aromatic heterocycles. The van der Waals surface area contributed by atoms with Crippen LogP contribution in [0.5, 0.6) is 0 Å². The minimum Gasteiger partial charge on any atom is -0.354 e. The Hall–Kier alpha value is -1.04. The molecule has 1 N–H and O–H groups in total. The van der Waals surface area contributed by atoms with E-state index in [1.807, 2.05) is 0 Å². The molecular weight excluding hydrogens is 176 g/mol. The van der Waals surface area contributed by atoms with E-state index >= 15 is 0 Å². The van der Waals surface area contributed by atoms with E-state index in [4.69, 9.17) is 5.26 Å². The Bertz CT molecular complexity index is 261. The molecule has 1 aliphatic rings. The van der Waals surface area contributed by atoms with Crippen LogP contribution in [0.4, 0.5) is 0 Å². The molecule has 0 heterocycles. The Kier molecular flexibility index (Phi) is 3.15. The van der Waals surface area contributed by atoms with Crippen LogP contribution >= 0.6 is 0 Å². The molecule has 0 bridgehead atoms. The third-order valence-corrected chi connectivity index (χ3v) is 3.12. The topological polar surface area (TPSA) is 52.9 Å². The molecule has 3 heteroatoms. The zero-order valence-electron chi connectivity index (χ0n) is 9.13. The Morgan fingerprint density at radius 3 is 2.43 bits per heavy atom. The second-order valence-electron chi connectivity index (χ2n) is 4.63. The number of carbonyl (C=O) groups is 1. The highest BCUT2D eigenvalue weighted by Crippen LogP contribution is 2.44. The summed E-state index contributed by atoms with van der Waals surface area (Å²) in [5.74, 6) is 0.952. The van der Waals surface area contributed by atoms with Crippen LogP contribution in [0.1, 0.15) is 33.6 Å². The average Bonchev–Trinajstić information content (AvgIpc) is 2.93. The fraction of sp³-hybridized carbons (Fsp3) is 0.818. The molecule has 1 rings (SSSR count). The number of hydrogen-bond acceptors (Lipinski definition) is 2. The van der Waals surface area contributed by atoms with Gasteiger partial charge in [-0.3, -0.25) is 4.79 Å². The van der Waals surface area contributed by atoms with Crippen LogP contribution < -0.4 is 5.32 Å². The largest absolute Gasteiger partial charge is 0.354 e. The van der Waals surface area contributed by atoms with Crippen molar-refractivity contribution in [2.24, 2.45) is 17.3 Å². The lowest BCUT2D eigenvalue weighted by molar-refractivity contribution is -0.124. The van der Waals surface area contributed by atoms with Crippen molar-refractivity contribution >= 4 is 5.91 Å². The Morgan fingerprint density at radius 2 is 2.07 bits per heavy atom. The maximum absolute atomic E-state index is 11.6. The molecule has 14 heavy (non-hydrogen) atoms. The number of nitriles is 1.